The molecule has 5 rings (SSSR count). The van der Waals surface area contributed by atoms with Crippen LogP contribution in [0.4, 0.5) is 11.4 Å². The van der Waals surface area contributed by atoms with Crippen LogP contribution in [0.2, 0.25) is 0 Å². The molecule has 34 heavy (non-hydrogen) atoms. The van der Waals surface area contributed by atoms with Gasteiger partial charge in [0.15, 0.2) is 0 Å². The number of nitrogens with zero attached hydrogens (tertiary/aromatic N) is 1. The molecule has 1 spiro atoms. The summed E-state index contributed by atoms with van der Waals surface area (Å²) >= 11 is 0. The molecule has 2 bridgehead atoms. The number of rotatable bonds is 7. The summed E-state index contributed by atoms with van der Waals surface area (Å²) in [7, 11) is 0. The average molecular weight is 460 g/mol. The molecule has 0 aliphatic carbocycles. The van der Waals surface area contributed by atoms with Gasteiger partial charge < -0.3 is 20.3 Å². The van der Waals surface area contributed by atoms with Crippen LogP contribution in [0.5, 0.6) is 0 Å². The number of hydrogen-bond acceptors (Lipinski definition) is 4. The highest BCUT2D eigenvalue weighted by molar-refractivity contribution is 6.03. The van der Waals surface area contributed by atoms with Gasteiger partial charge in [0.2, 0.25) is 17.7 Å². The molecule has 3 heterocycles. The highest BCUT2D eigenvalue weighted by Gasteiger charge is 2.67. The second-order valence-electron chi connectivity index (χ2n) is 9.49. The fourth-order valence-electron chi connectivity index (χ4n) is 5.38. The number of hydrogen-bond donors (Lipinski definition) is 2. The third-order valence-electron chi connectivity index (χ3n) is 7.00. The number of amides is 3. The molecule has 0 saturated carbocycles. The lowest BCUT2D eigenvalue weighted by Crippen LogP contribution is -2.46. The van der Waals surface area contributed by atoms with Crippen molar-refractivity contribution in [2.24, 2.45) is 11.8 Å². The van der Waals surface area contributed by atoms with Gasteiger partial charge in [-0.25, -0.2) is 0 Å². The Morgan fingerprint density at radius 2 is 1.88 bits per heavy atom. The van der Waals surface area contributed by atoms with Gasteiger partial charge in [0.1, 0.15) is 5.60 Å². The number of ether oxygens (including phenoxy) is 1. The Kier molecular flexibility index (Phi) is 5.73. The van der Waals surface area contributed by atoms with Crippen molar-refractivity contribution in [2.75, 3.05) is 16.8 Å². The first-order valence-electron chi connectivity index (χ1n) is 11.8. The van der Waals surface area contributed by atoms with Crippen LogP contribution in [0.25, 0.3) is 0 Å². The van der Waals surface area contributed by atoms with Crippen LogP contribution in [0.3, 0.4) is 0 Å². The van der Waals surface area contributed by atoms with E-state index in [9.17, 15) is 14.4 Å². The third-order valence-corrected chi connectivity index (χ3v) is 7.00. The van der Waals surface area contributed by atoms with E-state index in [0.717, 1.165) is 18.5 Å². The predicted octanol–water partition coefficient (Wildman–Crippen LogP) is 3.07. The van der Waals surface area contributed by atoms with Crippen molar-refractivity contribution >= 4 is 29.1 Å². The summed E-state index contributed by atoms with van der Waals surface area (Å²) in [6.07, 6.45) is 5.20. The Hall–Kier alpha value is -3.45. The standard InChI is InChI=1S/C27H29N3O4/c1-17(8-9-19-6-4-3-5-7-19)28-25(32)23-22-14-15-27(34-22)16-30(26(33)24(23)27)21-12-10-20(11-13-21)29-18(2)31/h3-7,10-15,17,22-24H,8-9,16H2,1-2H3,(H,28,32)(H,29,31)/t17-,22+,23+,24+,27+/m0/s1. The van der Waals surface area contributed by atoms with Crippen molar-refractivity contribution < 1.29 is 19.1 Å². The lowest BCUT2D eigenvalue weighted by Gasteiger charge is -2.25. The summed E-state index contributed by atoms with van der Waals surface area (Å²) in [6.45, 7) is 3.82. The Labute approximate surface area is 199 Å². The first kappa shape index (κ1) is 22.3. The minimum Gasteiger partial charge on any atom is -0.360 e. The molecule has 176 valence electrons. The second-order valence-corrected chi connectivity index (χ2v) is 9.49. The minimum absolute atomic E-state index is 0.0132. The third kappa shape index (κ3) is 4.01. The molecule has 2 saturated heterocycles. The summed E-state index contributed by atoms with van der Waals surface area (Å²) in [5.74, 6) is -1.46. The van der Waals surface area contributed by atoms with Crippen molar-refractivity contribution in [1.29, 1.82) is 0 Å². The highest BCUT2D eigenvalue weighted by Crippen LogP contribution is 2.52. The van der Waals surface area contributed by atoms with Gasteiger partial charge in [-0.05, 0) is 49.6 Å². The smallest absolute Gasteiger partial charge is 0.234 e. The van der Waals surface area contributed by atoms with E-state index in [-0.39, 0.29) is 29.9 Å². The van der Waals surface area contributed by atoms with Gasteiger partial charge >= 0.3 is 0 Å². The van der Waals surface area contributed by atoms with Gasteiger partial charge in [0, 0.05) is 24.3 Å². The maximum absolute atomic E-state index is 13.5. The molecule has 2 aromatic rings. The molecule has 0 aromatic heterocycles. The fraction of sp³-hybridized carbons (Fsp3) is 0.370. The Balaban J connectivity index is 1.27. The van der Waals surface area contributed by atoms with Crippen LogP contribution in [0.15, 0.2) is 66.7 Å². The predicted molar refractivity (Wildman–Crippen MR) is 129 cm³/mol. The molecule has 2 aromatic carbocycles. The molecular weight excluding hydrogens is 430 g/mol. The number of fused-ring (bicyclic) bond motifs is 1. The molecule has 7 nitrogen and oxygen atoms in total. The maximum atomic E-state index is 13.5. The van der Waals surface area contributed by atoms with E-state index in [1.165, 1.54) is 12.5 Å². The molecule has 7 heteroatoms. The number of aryl methyl sites for hydroxylation is 1. The summed E-state index contributed by atoms with van der Waals surface area (Å²) in [4.78, 5) is 39.8. The monoisotopic (exact) mass is 459 g/mol. The van der Waals surface area contributed by atoms with E-state index in [0.29, 0.717) is 12.2 Å². The molecule has 5 atom stereocenters. The SMILES string of the molecule is CC(=O)Nc1ccc(N2C[C@@]34C=C[C@@H](O3)[C@@H](C(=O)N[C@@H](C)CCc3ccccc3)[C@@H]4C2=O)cc1. The van der Waals surface area contributed by atoms with Crippen molar-refractivity contribution in [2.45, 2.75) is 44.4 Å². The zero-order valence-electron chi connectivity index (χ0n) is 19.4. The number of benzene rings is 2. The van der Waals surface area contributed by atoms with Crippen molar-refractivity contribution in [1.82, 2.24) is 5.32 Å². The summed E-state index contributed by atoms with van der Waals surface area (Å²) in [5, 5.41) is 5.85. The largest absolute Gasteiger partial charge is 0.360 e. The zero-order valence-corrected chi connectivity index (χ0v) is 19.4. The van der Waals surface area contributed by atoms with Crippen molar-refractivity contribution in [3.63, 3.8) is 0 Å². The van der Waals surface area contributed by atoms with Crippen LogP contribution in [-0.4, -0.2) is 42.0 Å². The molecule has 2 fully saturated rings. The van der Waals surface area contributed by atoms with E-state index in [1.54, 1.807) is 29.2 Å². The van der Waals surface area contributed by atoms with Gasteiger partial charge in [-0.1, -0.05) is 42.5 Å². The summed E-state index contributed by atoms with van der Waals surface area (Å²) < 4.78 is 6.24. The number of carbonyl (C=O) groups is 3. The molecule has 0 radical (unpaired) electrons. The van der Waals surface area contributed by atoms with E-state index in [2.05, 4.69) is 22.8 Å². The van der Waals surface area contributed by atoms with Gasteiger partial charge in [0.25, 0.3) is 0 Å². The Bertz CT molecular complexity index is 1130. The molecular formula is C27H29N3O4. The van der Waals surface area contributed by atoms with Crippen LogP contribution in [-0.2, 0) is 25.5 Å². The van der Waals surface area contributed by atoms with Crippen LogP contribution < -0.4 is 15.5 Å². The first-order valence-corrected chi connectivity index (χ1v) is 11.8. The van der Waals surface area contributed by atoms with Crippen molar-refractivity contribution in [3.05, 3.63) is 72.3 Å². The van der Waals surface area contributed by atoms with Gasteiger partial charge in [-0.2, -0.15) is 0 Å². The van der Waals surface area contributed by atoms with E-state index >= 15 is 0 Å². The minimum atomic E-state index is -0.770. The lowest BCUT2D eigenvalue weighted by molar-refractivity contribution is -0.132. The number of carbonyl (C=O) groups excluding carboxylic acids is 3. The average Bonchev–Trinajstić information content (AvgIpc) is 3.47. The van der Waals surface area contributed by atoms with Gasteiger partial charge in [-0.3, -0.25) is 14.4 Å². The van der Waals surface area contributed by atoms with E-state index in [1.807, 2.05) is 37.3 Å². The summed E-state index contributed by atoms with van der Waals surface area (Å²) in [5.41, 5.74) is 1.85. The fourth-order valence-corrected chi connectivity index (χ4v) is 5.38. The molecule has 3 amide bonds. The van der Waals surface area contributed by atoms with Crippen LogP contribution >= 0.6 is 0 Å². The summed E-state index contributed by atoms with van der Waals surface area (Å²) in [6, 6.07) is 17.3. The van der Waals surface area contributed by atoms with E-state index < -0.39 is 17.4 Å². The topological polar surface area (TPSA) is 87.7 Å². The van der Waals surface area contributed by atoms with Crippen LogP contribution in [0.1, 0.15) is 25.8 Å². The maximum Gasteiger partial charge on any atom is 0.234 e. The normalized spacial score (nSPS) is 27.5. The van der Waals surface area contributed by atoms with Crippen molar-refractivity contribution in [3.8, 4) is 0 Å². The number of nitrogens with one attached hydrogen (secondary N) is 2. The zero-order chi connectivity index (χ0) is 23.9. The quantitative estimate of drug-likeness (QED) is 0.623. The highest BCUT2D eigenvalue weighted by atomic mass is 16.5. The number of anilines is 2. The first-order chi connectivity index (χ1) is 16.4. The lowest BCUT2D eigenvalue weighted by atomic mass is 9.76. The van der Waals surface area contributed by atoms with E-state index in [4.69, 9.17) is 4.74 Å². The second kappa shape index (κ2) is 8.72. The Morgan fingerprint density at radius 1 is 1.15 bits per heavy atom. The molecule has 0 unspecified atom stereocenters. The molecule has 3 aliphatic heterocycles. The van der Waals surface area contributed by atoms with Gasteiger partial charge in [-0.15, -0.1) is 0 Å². The van der Waals surface area contributed by atoms with Gasteiger partial charge in [0.05, 0.1) is 24.5 Å². The Morgan fingerprint density at radius 3 is 2.59 bits per heavy atom. The molecule has 3 aliphatic rings. The molecule has 2 N–H and O–H groups in total. The van der Waals surface area contributed by atoms with Crippen LogP contribution in [0, 0.1) is 11.8 Å².